The summed E-state index contributed by atoms with van der Waals surface area (Å²) in [5.74, 6) is -0.650. The van der Waals surface area contributed by atoms with Gasteiger partial charge in [-0.15, -0.1) is 10.2 Å². The van der Waals surface area contributed by atoms with E-state index in [1.807, 2.05) is 30.3 Å². The summed E-state index contributed by atoms with van der Waals surface area (Å²) in [6.07, 6.45) is 0. The maximum atomic E-state index is 11.3. The lowest BCUT2D eigenvalue weighted by Crippen LogP contribution is -2.24. The quantitative estimate of drug-likeness (QED) is 0.775. The average Bonchev–Trinajstić information content (AvgIpc) is 2.82. The molecular weight excluding hydrogens is 282 g/mol. The lowest BCUT2D eigenvalue weighted by Gasteiger charge is -2.06. The minimum atomic E-state index is -0.557. The van der Waals surface area contributed by atoms with E-state index in [4.69, 9.17) is 0 Å². The van der Waals surface area contributed by atoms with Crippen LogP contribution in [0.15, 0.2) is 52.1 Å². The molecule has 0 aromatic heterocycles. The Hall–Kier alpha value is -2.54. The highest BCUT2D eigenvalue weighted by Crippen LogP contribution is 2.17. The van der Waals surface area contributed by atoms with Crippen LogP contribution in [0.3, 0.4) is 0 Å². The Balaban J connectivity index is 0.000000422. The third kappa shape index (κ3) is 5.84. The maximum Gasteiger partial charge on any atom is 0.315 e. The first-order valence-electron chi connectivity index (χ1n) is 7.09. The summed E-state index contributed by atoms with van der Waals surface area (Å²) in [4.78, 5) is 22.3. The molecule has 0 fully saturated rings. The Kier molecular flexibility index (Phi) is 7.49. The molecule has 0 saturated carbocycles. The number of anilines is 1. The first kappa shape index (κ1) is 17.5. The Labute approximate surface area is 129 Å². The molecule has 1 aliphatic rings. The number of nitrogens with one attached hydrogen (secondary N) is 3. The average molecular weight is 303 g/mol. The van der Waals surface area contributed by atoms with E-state index >= 15 is 0 Å². The molecule has 1 heterocycles. The Morgan fingerprint density at radius 1 is 1.09 bits per heavy atom. The summed E-state index contributed by atoms with van der Waals surface area (Å²) < 4.78 is 0. The first-order valence-corrected chi connectivity index (χ1v) is 7.09. The van der Waals surface area contributed by atoms with Crippen LogP contribution in [0, 0.1) is 0 Å². The molecule has 7 nitrogen and oxygen atoms in total. The molecule has 0 spiro atoms. The van der Waals surface area contributed by atoms with E-state index in [1.54, 1.807) is 0 Å². The number of nitrogens with zero attached hydrogens (tertiary/aromatic N) is 2. The number of rotatable bonds is 5. The lowest BCUT2D eigenvalue weighted by atomic mass is 10.3. The number of carbonyl (C=O) groups excluding carboxylic acids is 2. The number of carbonyl (C=O) groups is 2. The van der Waals surface area contributed by atoms with Gasteiger partial charge in [0.1, 0.15) is 0 Å². The molecule has 0 bridgehead atoms. The largest absolute Gasteiger partial charge is 0.337 e. The van der Waals surface area contributed by atoms with Crippen molar-refractivity contribution >= 4 is 17.5 Å². The SMILES string of the molecule is CC(=O)NC1=C(Nc2ccccc2)N=NC1=O.CCNCC. The number of amides is 2. The van der Waals surface area contributed by atoms with Crippen molar-refractivity contribution in [2.75, 3.05) is 18.4 Å². The second-order valence-electron chi connectivity index (χ2n) is 4.36. The van der Waals surface area contributed by atoms with Crippen LogP contribution in [-0.4, -0.2) is 24.9 Å². The van der Waals surface area contributed by atoms with Crippen molar-refractivity contribution in [3.8, 4) is 0 Å². The molecule has 1 aliphatic heterocycles. The fourth-order valence-electron chi connectivity index (χ4n) is 1.58. The molecule has 0 radical (unpaired) electrons. The van der Waals surface area contributed by atoms with Gasteiger partial charge >= 0.3 is 5.91 Å². The van der Waals surface area contributed by atoms with E-state index < -0.39 is 5.91 Å². The second-order valence-corrected chi connectivity index (χ2v) is 4.36. The third-order valence-electron chi connectivity index (χ3n) is 2.53. The summed E-state index contributed by atoms with van der Waals surface area (Å²) in [5.41, 5.74) is 0.834. The number of hydrogen-bond donors (Lipinski definition) is 3. The Morgan fingerprint density at radius 3 is 2.23 bits per heavy atom. The highest BCUT2D eigenvalue weighted by atomic mass is 16.2. The number of para-hydroxylation sites is 1. The monoisotopic (exact) mass is 303 g/mol. The summed E-state index contributed by atoms with van der Waals surface area (Å²) in [6.45, 7) is 7.71. The lowest BCUT2D eigenvalue weighted by molar-refractivity contribution is -0.121. The summed E-state index contributed by atoms with van der Waals surface area (Å²) in [5, 5.41) is 15.5. The maximum absolute atomic E-state index is 11.3. The van der Waals surface area contributed by atoms with Crippen molar-refractivity contribution in [1.82, 2.24) is 10.6 Å². The van der Waals surface area contributed by atoms with E-state index in [0.717, 1.165) is 18.8 Å². The molecule has 2 amide bonds. The van der Waals surface area contributed by atoms with Crippen LogP contribution >= 0.6 is 0 Å². The molecule has 1 aromatic carbocycles. The zero-order chi connectivity index (χ0) is 16.4. The molecule has 118 valence electrons. The van der Waals surface area contributed by atoms with E-state index in [9.17, 15) is 9.59 Å². The third-order valence-corrected chi connectivity index (χ3v) is 2.53. The van der Waals surface area contributed by atoms with E-state index in [2.05, 4.69) is 40.0 Å². The molecule has 3 N–H and O–H groups in total. The van der Waals surface area contributed by atoms with Crippen molar-refractivity contribution in [3.05, 3.63) is 41.8 Å². The van der Waals surface area contributed by atoms with Crippen LogP contribution in [0.5, 0.6) is 0 Å². The van der Waals surface area contributed by atoms with Crippen LogP contribution in [0.4, 0.5) is 5.69 Å². The highest BCUT2D eigenvalue weighted by molar-refractivity contribution is 5.99. The fourth-order valence-corrected chi connectivity index (χ4v) is 1.58. The van der Waals surface area contributed by atoms with Gasteiger partial charge in [-0.3, -0.25) is 9.59 Å². The van der Waals surface area contributed by atoms with Gasteiger partial charge in [-0.2, -0.15) is 0 Å². The normalized spacial score (nSPS) is 12.8. The fraction of sp³-hybridized carbons (Fsp3) is 0.333. The van der Waals surface area contributed by atoms with Crippen molar-refractivity contribution in [2.45, 2.75) is 20.8 Å². The molecule has 0 unspecified atom stereocenters. The smallest absolute Gasteiger partial charge is 0.315 e. The van der Waals surface area contributed by atoms with Crippen LogP contribution in [0.1, 0.15) is 20.8 Å². The van der Waals surface area contributed by atoms with Gasteiger partial charge in [-0.05, 0) is 25.2 Å². The predicted molar refractivity (Wildman–Crippen MR) is 85.0 cm³/mol. The van der Waals surface area contributed by atoms with Crippen molar-refractivity contribution in [2.24, 2.45) is 10.2 Å². The van der Waals surface area contributed by atoms with Crippen LogP contribution in [0.25, 0.3) is 0 Å². The van der Waals surface area contributed by atoms with Gasteiger partial charge in [-0.1, -0.05) is 32.0 Å². The van der Waals surface area contributed by atoms with Crippen molar-refractivity contribution in [1.29, 1.82) is 0 Å². The zero-order valence-electron chi connectivity index (χ0n) is 13.0. The minimum Gasteiger partial charge on any atom is -0.337 e. The van der Waals surface area contributed by atoms with Crippen LogP contribution < -0.4 is 16.0 Å². The molecule has 0 aliphatic carbocycles. The topological polar surface area (TPSA) is 94.9 Å². The number of hydrogen-bond acceptors (Lipinski definition) is 5. The molecule has 1 aromatic rings. The van der Waals surface area contributed by atoms with Gasteiger partial charge in [0.25, 0.3) is 0 Å². The summed E-state index contributed by atoms with van der Waals surface area (Å²) in [7, 11) is 0. The van der Waals surface area contributed by atoms with Crippen molar-refractivity contribution < 1.29 is 9.59 Å². The van der Waals surface area contributed by atoms with Crippen LogP contribution in [-0.2, 0) is 9.59 Å². The standard InChI is InChI=1S/C11H10N4O2.C4H11N/c1-7(16)12-9-10(14-15-11(9)17)13-8-5-3-2-4-6-8;1-3-5-4-2/h2-6H,1H3,(H2,12,13,14,15,16,17);5H,3-4H2,1-2H3. The van der Waals surface area contributed by atoms with E-state index in [1.165, 1.54) is 6.92 Å². The van der Waals surface area contributed by atoms with Crippen LogP contribution in [0.2, 0.25) is 0 Å². The van der Waals surface area contributed by atoms with E-state index in [-0.39, 0.29) is 17.4 Å². The van der Waals surface area contributed by atoms with Gasteiger partial charge in [0.05, 0.1) is 0 Å². The van der Waals surface area contributed by atoms with Gasteiger partial charge in [0.2, 0.25) is 5.91 Å². The number of benzene rings is 1. The molecule has 7 heteroatoms. The van der Waals surface area contributed by atoms with Gasteiger partial charge in [0, 0.05) is 12.6 Å². The molecule has 0 saturated heterocycles. The van der Waals surface area contributed by atoms with Crippen molar-refractivity contribution in [3.63, 3.8) is 0 Å². The summed E-state index contributed by atoms with van der Waals surface area (Å²) >= 11 is 0. The minimum absolute atomic E-state index is 0.0707. The highest BCUT2D eigenvalue weighted by Gasteiger charge is 2.22. The molecule has 2 rings (SSSR count). The summed E-state index contributed by atoms with van der Waals surface area (Å²) in [6, 6.07) is 9.19. The van der Waals surface area contributed by atoms with Gasteiger partial charge < -0.3 is 16.0 Å². The molecule has 0 atom stereocenters. The first-order chi connectivity index (χ1) is 10.6. The van der Waals surface area contributed by atoms with E-state index in [0.29, 0.717) is 0 Å². The predicted octanol–water partition coefficient (Wildman–Crippen LogP) is 2.01. The number of azo groups is 1. The van der Waals surface area contributed by atoms with Gasteiger partial charge in [0.15, 0.2) is 11.5 Å². The molecule has 22 heavy (non-hydrogen) atoms. The Bertz CT molecular complexity index is 565. The Morgan fingerprint density at radius 2 is 1.73 bits per heavy atom. The zero-order valence-corrected chi connectivity index (χ0v) is 13.0. The molecular formula is C15H21N5O2. The van der Waals surface area contributed by atoms with Gasteiger partial charge in [-0.25, -0.2) is 0 Å². The second kappa shape index (κ2) is 9.41.